The maximum atomic E-state index is 10.5. The molecule has 0 aromatic carbocycles. The smallest absolute Gasteiger partial charge is 0.317 e. The number of aromatic nitrogens is 2. The van der Waals surface area contributed by atoms with E-state index in [1.807, 2.05) is 13.0 Å². The van der Waals surface area contributed by atoms with Gasteiger partial charge in [0.1, 0.15) is 11.6 Å². The molecule has 0 spiro atoms. The molecule has 1 fully saturated rings. The number of anilines is 1. The first kappa shape index (κ1) is 15.5. The average molecular weight is 294 g/mol. The van der Waals surface area contributed by atoms with Crippen LogP contribution in [-0.2, 0) is 4.79 Å². The van der Waals surface area contributed by atoms with Crippen molar-refractivity contribution in [1.29, 1.82) is 0 Å². The molecule has 1 saturated heterocycles. The summed E-state index contributed by atoms with van der Waals surface area (Å²) in [4.78, 5) is 21.4. The quantitative estimate of drug-likeness (QED) is 0.798. The predicted octanol–water partition coefficient (Wildman–Crippen LogP) is 0.684. The summed E-state index contributed by atoms with van der Waals surface area (Å²) < 4.78 is 5.19. The molecule has 0 bridgehead atoms. The van der Waals surface area contributed by atoms with E-state index in [2.05, 4.69) is 20.2 Å². The van der Waals surface area contributed by atoms with E-state index in [0.717, 1.165) is 31.7 Å². The molecular weight excluding hydrogens is 272 g/mol. The Hall–Kier alpha value is -1.89. The van der Waals surface area contributed by atoms with Gasteiger partial charge in [-0.05, 0) is 25.7 Å². The van der Waals surface area contributed by atoms with E-state index < -0.39 is 5.97 Å². The molecule has 7 heteroatoms. The normalized spacial score (nSPS) is 18.6. The second-order valence-electron chi connectivity index (χ2n) is 5.29. The number of aryl methyl sites for hydroxylation is 1. The van der Waals surface area contributed by atoms with E-state index in [1.54, 1.807) is 7.11 Å². The second-order valence-corrected chi connectivity index (χ2v) is 5.29. The first-order valence-electron chi connectivity index (χ1n) is 7.15. The highest BCUT2D eigenvalue weighted by Gasteiger charge is 2.21. The lowest BCUT2D eigenvalue weighted by atomic mass is 9.98. The highest BCUT2D eigenvalue weighted by molar-refractivity contribution is 5.68. The molecule has 116 valence electrons. The molecular formula is C14H22N4O3. The number of carboxylic acid groups (broad SMARTS) is 1. The van der Waals surface area contributed by atoms with Crippen LogP contribution in [-0.4, -0.2) is 54.3 Å². The lowest BCUT2D eigenvalue weighted by molar-refractivity contribution is -0.136. The van der Waals surface area contributed by atoms with Gasteiger partial charge in [0.25, 0.3) is 0 Å². The Morgan fingerprint density at radius 3 is 3.10 bits per heavy atom. The molecule has 2 heterocycles. The zero-order chi connectivity index (χ0) is 15.2. The third-order valence-electron chi connectivity index (χ3n) is 3.56. The molecule has 0 aliphatic carbocycles. The monoisotopic (exact) mass is 294 g/mol. The molecule has 1 unspecified atom stereocenters. The van der Waals surface area contributed by atoms with Crippen LogP contribution in [0.25, 0.3) is 0 Å². The Morgan fingerprint density at radius 2 is 2.38 bits per heavy atom. The third-order valence-corrected chi connectivity index (χ3v) is 3.56. The Morgan fingerprint density at radius 1 is 1.57 bits per heavy atom. The van der Waals surface area contributed by atoms with E-state index >= 15 is 0 Å². The van der Waals surface area contributed by atoms with E-state index in [0.29, 0.717) is 24.2 Å². The summed E-state index contributed by atoms with van der Waals surface area (Å²) in [6.07, 6.45) is 2.18. The Bertz CT molecular complexity index is 495. The summed E-state index contributed by atoms with van der Waals surface area (Å²) in [6.45, 7) is 4.39. The third kappa shape index (κ3) is 4.56. The van der Waals surface area contributed by atoms with Crippen molar-refractivity contribution in [1.82, 2.24) is 15.3 Å². The summed E-state index contributed by atoms with van der Waals surface area (Å²) >= 11 is 0. The number of hydrogen-bond donors (Lipinski definition) is 2. The Balaban J connectivity index is 1.97. The van der Waals surface area contributed by atoms with Crippen molar-refractivity contribution in [2.75, 3.05) is 38.2 Å². The molecule has 1 atom stereocenters. The molecule has 21 heavy (non-hydrogen) atoms. The molecule has 1 aliphatic rings. The van der Waals surface area contributed by atoms with Gasteiger partial charge in [-0.2, -0.15) is 4.98 Å². The maximum Gasteiger partial charge on any atom is 0.317 e. The fraction of sp³-hybridized carbons (Fsp3) is 0.643. The topological polar surface area (TPSA) is 87.6 Å². The van der Waals surface area contributed by atoms with Crippen molar-refractivity contribution in [3.63, 3.8) is 0 Å². The number of nitrogens with one attached hydrogen (secondary N) is 1. The van der Waals surface area contributed by atoms with Gasteiger partial charge in [-0.25, -0.2) is 4.98 Å². The molecule has 2 rings (SSSR count). The predicted molar refractivity (Wildman–Crippen MR) is 78.8 cm³/mol. The van der Waals surface area contributed by atoms with Crippen LogP contribution in [0, 0.1) is 12.8 Å². The number of aliphatic carboxylic acids is 1. The van der Waals surface area contributed by atoms with Gasteiger partial charge >= 0.3 is 5.97 Å². The molecule has 1 aromatic heterocycles. The van der Waals surface area contributed by atoms with Gasteiger partial charge in [-0.1, -0.05) is 0 Å². The van der Waals surface area contributed by atoms with Crippen LogP contribution in [0.2, 0.25) is 0 Å². The molecule has 0 radical (unpaired) electrons. The second kappa shape index (κ2) is 7.21. The molecule has 1 aliphatic heterocycles. The number of piperidine rings is 1. The largest absolute Gasteiger partial charge is 0.481 e. The molecule has 1 aromatic rings. The number of nitrogens with zero attached hydrogens (tertiary/aromatic N) is 3. The van der Waals surface area contributed by atoms with Gasteiger partial charge in [-0.15, -0.1) is 0 Å². The van der Waals surface area contributed by atoms with Crippen LogP contribution in [0.3, 0.4) is 0 Å². The van der Waals surface area contributed by atoms with Crippen molar-refractivity contribution in [2.45, 2.75) is 19.8 Å². The number of ether oxygens (including phenoxy) is 1. The van der Waals surface area contributed by atoms with Crippen LogP contribution >= 0.6 is 0 Å². The minimum atomic E-state index is -0.821. The lowest BCUT2D eigenvalue weighted by Gasteiger charge is -2.33. The Labute approximate surface area is 124 Å². The van der Waals surface area contributed by atoms with Gasteiger partial charge in [0.05, 0.1) is 13.7 Å². The lowest BCUT2D eigenvalue weighted by Crippen LogP contribution is -2.41. The van der Waals surface area contributed by atoms with Crippen molar-refractivity contribution in [2.24, 2.45) is 5.92 Å². The van der Waals surface area contributed by atoms with Crippen molar-refractivity contribution < 1.29 is 14.6 Å². The standard InChI is InChI=1S/C14H22N4O3/c1-10-16-12(6-13(17-10)21-2)18-5-3-4-11(9-18)7-15-8-14(19)20/h6,11,15H,3-5,7-9H2,1-2H3,(H,19,20). The first-order chi connectivity index (χ1) is 10.1. The van der Waals surface area contributed by atoms with Crippen LogP contribution in [0.15, 0.2) is 6.07 Å². The van der Waals surface area contributed by atoms with Gasteiger partial charge in [-0.3, -0.25) is 4.79 Å². The fourth-order valence-electron chi connectivity index (χ4n) is 2.61. The summed E-state index contributed by atoms with van der Waals surface area (Å²) in [6, 6.07) is 1.85. The zero-order valence-corrected chi connectivity index (χ0v) is 12.5. The summed E-state index contributed by atoms with van der Waals surface area (Å²) in [7, 11) is 1.60. The van der Waals surface area contributed by atoms with E-state index in [4.69, 9.17) is 9.84 Å². The molecule has 2 N–H and O–H groups in total. The molecule has 0 amide bonds. The SMILES string of the molecule is COc1cc(N2CCCC(CNCC(=O)O)C2)nc(C)n1. The van der Waals surface area contributed by atoms with E-state index in [-0.39, 0.29) is 6.54 Å². The minimum Gasteiger partial charge on any atom is -0.481 e. The van der Waals surface area contributed by atoms with Gasteiger partial charge in [0.15, 0.2) is 0 Å². The molecule has 0 saturated carbocycles. The number of carboxylic acids is 1. The van der Waals surface area contributed by atoms with Crippen molar-refractivity contribution >= 4 is 11.8 Å². The van der Waals surface area contributed by atoms with E-state index in [1.165, 1.54) is 0 Å². The molecule has 7 nitrogen and oxygen atoms in total. The minimum absolute atomic E-state index is 0.0109. The van der Waals surface area contributed by atoms with E-state index in [9.17, 15) is 4.79 Å². The summed E-state index contributed by atoms with van der Waals surface area (Å²) in [5.41, 5.74) is 0. The number of hydrogen-bond acceptors (Lipinski definition) is 6. The van der Waals surface area contributed by atoms with Crippen molar-refractivity contribution in [3.8, 4) is 5.88 Å². The van der Waals surface area contributed by atoms with Crippen LogP contribution in [0.5, 0.6) is 5.88 Å². The van der Waals surface area contributed by atoms with Crippen molar-refractivity contribution in [3.05, 3.63) is 11.9 Å². The van der Waals surface area contributed by atoms with Gasteiger partial charge < -0.3 is 20.1 Å². The van der Waals surface area contributed by atoms with Crippen LogP contribution < -0.4 is 15.0 Å². The maximum absolute atomic E-state index is 10.5. The highest BCUT2D eigenvalue weighted by Crippen LogP contribution is 2.23. The van der Waals surface area contributed by atoms with Gasteiger partial charge in [0.2, 0.25) is 5.88 Å². The van der Waals surface area contributed by atoms with Crippen LogP contribution in [0.1, 0.15) is 18.7 Å². The number of rotatable bonds is 6. The zero-order valence-electron chi connectivity index (χ0n) is 12.5. The van der Waals surface area contributed by atoms with Crippen LogP contribution in [0.4, 0.5) is 5.82 Å². The summed E-state index contributed by atoms with van der Waals surface area (Å²) in [5.74, 6) is 1.75. The number of carbonyl (C=O) groups is 1. The highest BCUT2D eigenvalue weighted by atomic mass is 16.5. The average Bonchev–Trinajstić information content (AvgIpc) is 2.46. The Kier molecular flexibility index (Phi) is 5.32. The summed E-state index contributed by atoms with van der Waals surface area (Å²) in [5, 5.41) is 11.6. The first-order valence-corrected chi connectivity index (χ1v) is 7.15. The fourth-order valence-corrected chi connectivity index (χ4v) is 2.61. The van der Waals surface area contributed by atoms with Gasteiger partial charge in [0, 0.05) is 25.7 Å². The number of methoxy groups -OCH3 is 1.